The van der Waals surface area contributed by atoms with Gasteiger partial charge in [-0.15, -0.1) is 5.10 Å². The van der Waals surface area contributed by atoms with E-state index < -0.39 is 5.25 Å². The van der Waals surface area contributed by atoms with Gasteiger partial charge in [-0.25, -0.2) is 0 Å². The fraction of sp³-hybridized carbons (Fsp3) is 0.375. The zero-order valence-electron chi connectivity index (χ0n) is 14.0. The average Bonchev–Trinajstić information content (AvgIpc) is 2.87. The third-order valence-electron chi connectivity index (χ3n) is 3.49. The lowest BCUT2D eigenvalue weighted by Gasteiger charge is -2.09. The predicted molar refractivity (Wildman–Crippen MR) is 105 cm³/mol. The Bertz CT molecular complexity index is 750. The van der Waals surface area contributed by atoms with Crippen LogP contribution in [0.3, 0.4) is 0 Å². The van der Waals surface area contributed by atoms with Crippen LogP contribution >= 0.6 is 35.0 Å². The molecule has 1 saturated heterocycles. The molecular formula is C16H18Cl2N4O2S. The summed E-state index contributed by atoms with van der Waals surface area (Å²) in [6.45, 7) is 5.89. The summed E-state index contributed by atoms with van der Waals surface area (Å²) in [5.74, 6) is -0.310. The van der Waals surface area contributed by atoms with Gasteiger partial charge < -0.3 is 10.6 Å². The van der Waals surface area contributed by atoms with Crippen LogP contribution < -0.4 is 10.6 Å². The Kier molecular flexibility index (Phi) is 6.87. The van der Waals surface area contributed by atoms with E-state index in [1.54, 1.807) is 12.1 Å². The number of nitrogens with zero attached hydrogens (tertiary/aromatic N) is 2. The molecule has 0 spiro atoms. The van der Waals surface area contributed by atoms with Crippen molar-refractivity contribution in [3.8, 4) is 0 Å². The fourth-order valence-corrected chi connectivity index (χ4v) is 3.16. The van der Waals surface area contributed by atoms with Gasteiger partial charge in [0, 0.05) is 17.2 Å². The number of benzene rings is 1. The van der Waals surface area contributed by atoms with Crippen LogP contribution in [0.1, 0.15) is 27.2 Å². The first-order valence-electron chi connectivity index (χ1n) is 7.61. The molecule has 0 radical (unpaired) electrons. The second-order valence-electron chi connectivity index (χ2n) is 5.77. The number of hydrogen-bond acceptors (Lipinski definition) is 5. The number of thioether (sulfide) groups is 1. The number of carbonyl (C=O) groups is 2. The van der Waals surface area contributed by atoms with Crippen LogP contribution in [0.25, 0.3) is 0 Å². The summed E-state index contributed by atoms with van der Waals surface area (Å²) in [5, 5.41) is 14.1. The lowest BCUT2D eigenvalue weighted by molar-refractivity contribution is -0.122. The Morgan fingerprint density at radius 3 is 2.76 bits per heavy atom. The minimum absolute atomic E-state index is 0.00134. The maximum absolute atomic E-state index is 12.1. The standard InChI is InChI=1S/C16H18Cl2N4O2S/c1-8(2)9(3)21-22-16-20-15(24)13(25-16)7-14(23)19-12-5-4-10(17)6-11(12)18/h4-6,8,13H,7H2,1-3H3,(H,19,23)(H,20,22,24)/t13-/m0/s1. The molecule has 1 atom stereocenters. The van der Waals surface area contributed by atoms with Crippen molar-refractivity contribution in [1.82, 2.24) is 5.32 Å². The van der Waals surface area contributed by atoms with Crippen LogP contribution in [-0.2, 0) is 9.59 Å². The van der Waals surface area contributed by atoms with Crippen molar-refractivity contribution in [3.05, 3.63) is 28.2 Å². The van der Waals surface area contributed by atoms with Crippen LogP contribution in [0.5, 0.6) is 0 Å². The molecule has 25 heavy (non-hydrogen) atoms. The number of amidine groups is 1. The molecule has 134 valence electrons. The minimum atomic E-state index is -0.556. The number of carbonyl (C=O) groups excluding carboxylic acids is 2. The van der Waals surface area contributed by atoms with Crippen LogP contribution in [-0.4, -0.2) is 27.9 Å². The molecule has 0 saturated carbocycles. The normalized spacial score (nSPS) is 19.4. The maximum Gasteiger partial charge on any atom is 0.240 e. The number of hydrogen-bond donors (Lipinski definition) is 2. The maximum atomic E-state index is 12.1. The molecule has 1 aromatic rings. The number of anilines is 1. The van der Waals surface area contributed by atoms with Crippen molar-refractivity contribution < 1.29 is 9.59 Å². The summed E-state index contributed by atoms with van der Waals surface area (Å²) >= 11 is 13.0. The van der Waals surface area contributed by atoms with Gasteiger partial charge in [-0.05, 0) is 31.0 Å². The Morgan fingerprint density at radius 2 is 2.12 bits per heavy atom. The van der Waals surface area contributed by atoms with E-state index >= 15 is 0 Å². The highest BCUT2D eigenvalue weighted by Gasteiger charge is 2.32. The van der Waals surface area contributed by atoms with Gasteiger partial charge in [-0.3, -0.25) is 9.59 Å². The molecule has 2 rings (SSSR count). The van der Waals surface area contributed by atoms with Crippen LogP contribution in [0, 0.1) is 5.92 Å². The number of rotatable bonds is 5. The van der Waals surface area contributed by atoms with E-state index in [2.05, 4.69) is 20.8 Å². The molecule has 1 aliphatic heterocycles. The summed E-state index contributed by atoms with van der Waals surface area (Å²) in [7, 11) is 0. The van der Waals surface area contributed by atoms with E-state index in [0.717, 1.165) is 5.71 Å². The van der Waals surface area contributed by atoms with Gasteiger partial charge in [0.1, 0.15) is 5.25 Å². The summed E-state index contributed by atoms with van der Waals surface area (Å²) in [6, 6.07) is 4.77. The first kappa shape index (κ1) is 19.8. The van der Waals surface area contributed by atoms with Crippen molar-refractivity contribution >= 4 is 63.3 Å². The summed E-state index contributed by atoms with van der Waals surface area (Å²) in [6.07, 6.45) is 0.00134. The van der Waals surface area contributed by atoms with Crippen molar-refractivity contribution in [2.75, 3.05) is 5.32 Å². The average molecular weight is 401 g/mol. The van der Waals surface area contributed by atoms with Gasteiger partial charge in [-0.1, -0.05) is 48.8 Å². The van der Waals surface area contributed by atoms with Crippen LogP contribution in [0.15, 0.2) is 28.4 Å². The lowest BCUT2D eigenvalue weighted by atomic mass is 10.1. The molecule has 1 aliphatic rings. The van der Waals surface area contributed by atoms with E-state index in [1.165, 1.54) is 17.8 Å². The van der Waals surface area contributed by atoms with Crippen LogP contribution in [0.4, 0.5) is 5.69 Å². The number of amides is 2. The molecule has 0 unspecified atom stereocenters. The molecule has 1 fully saturated rings. The third kappa shape index (κ3) is 5.73. The first-order valence-corrected chi connectivity index (χ1v) is 9.24. The first-order chi connectivity index (χ1) is 11.8. The molecule has 9 heteroatoms. The predicted octanol–water partition coefficient (Wildman–Crippen LogP) is 3.94. The van der Waals surface area contributed by atoms with Gasteiger partial charge in [0.2, 0.25) is 11.8 Å². The highest BCUT2D eigenvalue weighted by molar-refractivity contribution is 8.15. The van der Waals surface area contributed by atoms with Crippen LogP contribution in [0.2, 0.25) is 10.0 Å². The Morgan fingerprint density at radius 1 is 1.40 bits per heavy atom. The van der Waals surface area contributed by atoms with Crippen molar-refractivity contribution in [1.29, 1.82) is 0 Å². The summed E-state index contributed by atoms with van der Waals surface area (Å²) in [4.78, 5) is 24.1. The highest BCUT2D eigenvalue weighted by atomic mass is 35.5. The van der Waals surface area contributed by atoms with Gasteiger partial charge in [-0.2, -0.15) is 5.10 Å². The Hall–Kier alpha value is -1.57. The van der Waals surface area contributed by atoms with E-state index in [4.69, 9.17) is 23.2 Å². The molecule has 1 heterocycles. The molecule has 1 aromatic carbocycles. The van der Waals surface area contributed by atoms with Crippen molar-refractivity contribution in [2.45, 2.75) is 32.4 Å². The Balaban J connectivity index is 1.96. The summed E-state index contributed by atoms with van der Waals surface area (Å²) in [5.41, 5.74) is 1.31. The zero-order valence-corrected chi connectivity index (χ0v) is 16.3. The van der Waals surface area contributed by atoms with Crippen molar-refractivity contribution in [3.63, 3.8) is 0 Å². The second-order valence-corrected chi connectivity index (χ2v) is 7.81. The fourth-order valence-electron chi connectivity index (χ4n) is 1.79. The Labute approximate surface area is 160 Å². The molecule has 0 aliphatic carbocycles. The highest BCUT2D eigenvalue weighted by Crippen LogP contribution is 2.27. The van der Waals surface area contributed by atoms with E-state index in [9.17, 15) is 9.59 Å². The zero-order chi connectivity index (χ0) is 18.6. The SMILES string of the molecule is CC(=NN=C1NC(=O)[C@H](CC(=O)Nc2ccc(Cl)cc2Cl)S1)C(C)C. The largest absolute Gasteiger partial charge is 0.325 e. The smallest absolute Gasteiger partial charge is 0.240 e. The lowest BCUT2D eigenvalue weighted by Crippen LogP contribution is -2.28. The second kappa shape index (κ2) is 8.69. The van der Waals surface area contributed by atoms with Crippen molar-refractivity contribution in [2.24, 2.45) is 16.1 Å². The van der Waals surface area contributed by atoms with E-state index in [1.807, 2.05) is 20.8 Å². The molecular weight excluding hydrogens is 383 g/mol. The van der Waals surface area contributed by atoms with Gasteiger partial charge in [0.25, 0.3) is 0 Å². The van der Waals surface area contributed by atoms with E-state index in [0.29, 0.717) is 20.9 Å². The minimum Gasteiger partial charge on any atom is -0.325 e. The number of nitrogens with one attached hydrogen (secondary N) is 2. The van der Waals surface area contributed by atoms with Gasteiger partial charge >= 0.3 is 0 Å². The molecule has 2 amide bonds. The quantitative estimate of drug-likeness (QED) is 0.579. The third-order valence-corrected chi connectivity index (χ3v) is 5.11. The number of halogens is 2. The van der Waals surface area contributed by atoms with E-state index in [-0.39, 0.29) is 24.2 Å². The monoisotopic (exact) mass is 400 g/mol. The molecule has 6 nitrogen and oxygen atoms in total. The van der Waals surface area contributed by atoms with Gasteiger partial charge in [0.15, 0.2) is 5.17 Å². The molecule has 0 bridgehead atoms. The molecule has 0 aromatic heterocycles. The topological polar surface area (TPSA) is 82.9 Å². The summed E-state index contributed by atoms with van der Waals surface area (Å²) < 4.78 is 0. The molecule has 2 N–H and O–H groups in total. The van der Waals surface area contributed by atoms with Gasteiger partial charge in [0.05, 0.1) is 10.7 Å².